The Morgan fingerprint density at radius 1 is 0.633 bits per heavy atom. The van der Waals surface area contributed by atoms with Crippen molar-refractivity contribution in [2.45, 2.75) is 45.3 Å². The van der Waals surface area contributed by atoms with Crippen molar-refractivity contribution in [1.29, 1.82) is 0 Å². The van der Waals surface area contributed by atoms with Crippen LogP contribution in [0.3, 0.4) is 0 Å². The SMILES string of the molecule is CC(C)(C)[Si](OCCCCOCc1ccccc1)(c1ccccc1)c1ccccc1. The van der Waals surface area contributed by atoms with Crippen molar-refractivity contribution in [3.05, 3.63) is 96.6 Å². The second-order valence-corrected chi connectivity index (χ2v) is 13.1. The smallest absolute Gasteiger partial charge is 0.261 e. The quantitative estimate of drug-likeness (QED) is 0.317. The van der Waals surface area contributed by atoms with Crippen LogP contribution in [-0.2, 0) is 15.8 Å². The third kappa shape index (κ3) is 5.48. The average molecular weight is 419 g/mol. The highest BCUT2D eigenvalue weighted by atomic mass is 28.4. The van der Waals surface area contributed by atoms with E-state index in [2.05, 4.69) is 106 Å². The first kappa shape index (κ1) is 22.5. The van der Waals surface area contributed by atoms with Crippen LogP contribution in [0.5, 0.6) is 0 Å². The molecular weight excluding hydrogens is 384 g/mol. The van der Waals surface area contributed by atoms with Crippen molar-refractivity contribution in [3.63, 3.8) is 0 Å². The minimum absolute atomic E-state index is 0.0273. The summed E-state index contributed by atoms with van der Waals surface area (Å²) in [5.41, 5.74) is 1.22. The van der Waals surface area contributed by atoms with Crippen LogP contribution in [-0.4, -0.2) is 21.5 Å². The molecule has 0 atom stereocenters. The van der Waals surface area contributed by atoms with Crippen LogP contribution in [0.15, 0.2) is 91.0 Å². The molecule has 30 heavy (non-hydrogen) atoms. The Balaban J connectivity index is 1.65. The molecule has 0 heterocycles. The molecule has 158 valence electrons. The molecule has 0 amide bonds. The minimum Gasteiger partial charge on any atom is -0.407 e. The lowest BCUT2D eigenvalue weighted by Gasteiger charge is -2.43. The molecule has 0 radical (unpaired) electrons. The van der Waals surface area contributed by atoms with Crippen molar-refractivity contribution in [2.24, 2.45) is 0 Å². The molecule has 3 heteroatoms. The second kappa shape index (κ2) is 10.7. The number of hydrogen-bond donors (Lipinski definition) is 0. The normalized spacial score (nSPS) is 12.1. The zero-order chi connectivity index (χ0) is 21.3. The predicted octanol–water partition coefficient (Wildman–Crippen LogP) is 5.56. The van der Waals surface area contributed by atoms with E-state index in [9.17, 15) is 0 Å². The number of rotatable bonds is 10. The molecule has 0 unspecified atom stereocenters. The van der Waals surface area contributed by atoms with Gasteiger partial charge >= 0.3 is 0 Å². The van der Waals surface area contributed by atoms with Crippen LogP contribution in [0.2, 0.25) is 5.04 Å². The minimum atomic E-state index is -2.41. The Labute approximate surface area is 183 Å². The third-order valence-electron chi connectivity index (χ3n) is 5.53. The largest absolute Gasteiger partial charge is 0.407 e. The molecule has 3 aromatic carbocycles. The summed E-state index contributed by atoms with van der Waals surface area (Å²) in [5, 5.41) is 2.70. The summed E-state index contributed by atoms with van der Waals surface area (Å²) in [5.74, 6) is 0. The number of benzene rings is 3. The molecule has 0 aliphatic heterocycles. The van der Waals surface area contributed by atoms with Crippen molar-refractivity contribution in [3.8, 4) is 0 Å². The van der Waals surface area contributed by atoms with Gasteiger partial charge in [0.25, 0.3) is 8.32 Å². The molecule has 0 aliphatic carbocycles. The summed E-state index contributed by atoms with van der Waals surface area (Å²) in [6.07, 6.45) is 2.00. The number of hydrogen-bond acceptors (Lipinski definition) is 2. The predicted molar refractivity (Wildman–Crippen MR) is 129 cm³/mol. The van der Waals surface area contributed by atoms with Crippen molar-refractivity contribution in [1.82, 2.24) is 0 Å². The highest BCUT2D eigenvalue weighted by Gasteiger charge is 2.49. The van der Waals surface area contributed by atoms with E-state index in [1.807, 2.05) is 6.07 Å². The zero-order valence-corrected chi connectivity index (χ0v) is 19.5. The lowest BCUT2D eigenvalue weighted by Crippen LogP contribution is -2.66. The van der Waals surface area contributed by atoms with Gasteiger partial charge in [-0.15, -0.1) is 0 Å². The molecule has 2 nitrogen and oxygen atoms in total. The van der Waals surface area contributed by atoms with E-state index >= 15 is 0 Å². The average Bonchev–Trinajstić information content (AvgIpc) is 2.77. The highest BCUT2D eigenvalue weighted by molar-refractivity contribution is 6.99. The van der Waals surface area contributed by atoms with Gasteiger partial charge < -0.3 is 9.16 Å². The molecule has 0 saturated carbocycles. The van der Waals surface area contributed by atoms with Gasteiger partial charge in [0, 0.05) is 13.2 Å². The molecule has 0 spiro atoms. The topological polar surface area (TPSA) is 18.5 Å². The fourth-order valence-electron chi connectivity index (χ4n) is 4.06. The van der Waals surface area contributed by atoms with E-state index in [4.69, 9.17) is 9.16 Å². The summed E-state index contributed by atoms with van der Waals surface area (Å²) in [7, 11) is -2.41. The lowest BCUT2D eigenvalue weighted by atomic mass is 10.2. The Morgan fingerprint density at radius 3 is 1.60 bits per heavy atom. The second-order valence-electron chi connectivity index (χ2n) is 8.76. The maximum atomic E-state index is 6.91. The van der Waals surface area contributed by atoms with E-state index in [0.717, 1.165) is 26.1 Å². The fourth-order valence-corrected chi connectivity index (χ4v) is 8.66. The van der Waals surface area contributed by atoms with Gasteiger partial charge in [-0.25, -0.2) is 0 Å². The van der Waals surface area contributed by atoms with Crippen molar-refractivity contribution in [2.75, 3.05) is 13.2 Å². The van der Waals surface area contributed by atoms with Crippen LogP contribution in [0.1, 0.15) is 39.2 Å². The Kier molecular flexibility index (Phi) is 8.03. The molecule has 3 aromatic rings. The van der Waals surface area contributed by atoms with E-state index < -0.39 is 8.32 Å². The van der Waals surface area contributed by atoms with E-state index in [1.54, 1.807) is 0 Å². The monoisotopic (exact) mass is 418 g/mol. The standard InChI is InChI=1S/C27H34O2Si/c1-27(2,3)30(25-17-9-5-10-18-25,26-19-11-6-12-20-26)29-22-14-13-21-28-23-24-15-7-4-8-16-24/h4-12,15-20H,13-14,21-23H2,1-3H3. The molecule has 3 rings (SSSR count). The van der Waals surface area contributed by atoms with Crippen LogP contribution in [0.25, 0.3) is 0 Å². The summed E-state index contributed by atoms with van der Waals surface area (Å²) in [6.45, 7) is 9.16. The molecule has 0 bridgehead atoms. The van der Waals surface area contributed by atoms with Gasteiger partial charge in [0.15, 0.2) is 0 Å². The van der Waals surface area contributed by atoms with Crippen LogP contribution in [0, 0.1) is 0 Å². The van der Waals surface area contributed by atoms with Crippen LogP contribution < -0.4 is 10.4 Å². The zero-order valence-electron chi connectivity index (χ0n) is 18.5. The van der Waals surface area contributed by atoms with Crippen LogP contribution in [0.4, 0.5) is 0 Å². The van der Waals surface area contributed by atoms with Crippen molar-refractivity contribution >= 4 is 18.7 Å². The van der Waals surface area contributed by atoms with Gasteiger partial charge in [-0.3, -0.25) is 0 Å². The number of ether oxygens (including phenoxy) is 1. The van der Waals surface area contributed by atoms with E-state index in [0.29, 0.717) is 6.61 Å². The molecule has 0 saturated heterocycles. The van der Waals surface area contributed by atoms with Gasteiger partial charge in [0.1, 0.15) is 0 Å². The maximum absolute atomic E-state index is 6.91. The number of unbranched alkanes of at least 4 members (excludes halogenated alkanes) is 1. The Morgan fingerprint density at radius 2 is 1.10 bits per heavy atom. The lowest BCUT2D eigenvalue weighted by molar-refractivity contribution is 0.113. The van der Waals surface area contributed by atoms with E-state index in [1.165, 1.54) is 15.9 Å². The van der Waals surface area contributed by atoms with Gasteiger partial charge in [0.2, 0.25) is 0 Å². The Hall–Kier alpha value is -2.20. The maximum Gasteiger partial charge on any atom is 0.261 e. The highest BCUT2D eigenvalue weighted by Crippen LogP contribution is 2.36. The molecule has 0 aromatic heterocycles. The van der Waals surface area contributed by atoms with Gasteiger partial charge in [-0.1, -0.05) is 112 Å². The first-order valence-corrected chi connectivity index (χ1v) is 12.8. The van der Waals surface area contributed by atoms with Crippen LogP contribution >= 0.6 is 0 Å². The molecule has 0 fully saturated rings. The first-order chi connectivity index (χ1) is 14.5. The summed E-state index contributed by atoms with van der Waals surface area (Å²) < 4.78 is 12.8. The van der Waals surface area contributed by atoms with Gasteiger partial charge in [0.05, 0.1) is 6.61 Å². The van der Waals surface area contributed by atoms with Gasteiger partial charge in [-0.2, -0.15) is 0 Å². The summed E-state index contributed by atoms with van der Waals surface area (Å²) in [6, 6.07) is 32.0. The summed E-state index contributed by atoms with van der Waals surface area (Å²) >= 11 is 0. The van der Waals surface area contributed by atoms with Gasteiger partial charge in [-0.05, 0) is 33.8 Å². The third-order valence-corrected chi connectivity index (χ3v) is 10.6. The molecular formula is C27H34O2Si. The Bertz CT molecular complexity index is 818. The fraction of sp³-hybridized carbons (Fsp3) is 0.333. The molecule has 0 aliphatic rings. The summed E-state index contributed by atoms with van der Waals surface area (Å²) in [4.78, 5) is 0. The van der Waals surface area contributed by atoms with Crippen molar-refractivity contribution < 1.29 is 9.16 Å². The first-order valence-electron chi connectivity index (χ1n) is 10.9. The van der Waals surface area contributed by atoms with E-state index in [-0.39, 0.29) is 5.04 Å². The molecule has 0 N–H and O–H groups in total.